The zero-order valence-corrected chi connectivity index (χ0v) is 43.5. The van der Waals surface area contributed by atoms with Gasteiger partial charge in [-0.15, -0.1) is 0 Å². The maximum absolute atomic E-state index is 6.52. The number of hydrogen-bond donors (Lipinski definition) is 0. The molecule has 79 heavy (non-hydrogen) atoms. The number of anilines is 3. The summed E-state index contributed by atoms with van der Waals surface area (Å²) in [6.07, 6.45) is 0. The Kier molecular flexibility index (Phi) is 9.15. The van der Waals surface area contributed by atoms with Crippen LogP contribution in [-0.2, 0) is 5.41 Å². The predicted molar refractivity (Wildman–Crippen MR) is 327 cm³/mol. The van der Waals surface area contributed by atoms with Crippen LogP contribution in [0.3, 0.4) is 0 Å². The molecule has 1 aliphatic carbocycles. The number of nitrogens with zero attached hydrogens (tertiary/aromatic N) is 2. The summed E-state index contributed by atoms with van der Waals surface area (Å²) in [5.41, 5.74) is 27.2. The topological polar surface area (TPSA) is 34.5 Å². The minimum atomic E-state index is -0.538. The third-order valence-electron chi connectivity index (χ3n) is 17.3. The van der Waals surface area contributed by atoms with E-state index in [9.17, 15) is 0 Å². The monoisotopic (exact) mass is 1010 g/mol. The highest BCUT2D eigenvalue weighted by Gasteiger charge is 2.51. The van der Waals surface area contributed by atoms with Crippen molar-refractivity contribution in [3.63, 3.8) is 0 Å². The molecule has 0 saturated carbocycles. The average Bonchev–Trinajstić information content (AvgIpc) is 2.51. The Hall–Kier alpha value is -10.2. The SMILES string of the molecule is Cc1ccc2c(c1)c1cc(C)cc3c1n2-c1ccc(-c2ccc(N(c4ccc(-c5cccc6c5oc5ccccc56)cc4)c4ccc(-c5cccc6oc7ccccc7c56)cc4)cc2)cc1C31c2ccccc2-c2ccccc21. The number of furan rings is 2. The third kappa shape index (κ3) is 6.20. The number of benzene rings is 12. The van der Waals surface area contributed by atoms with Crippen molar-refractivity contribution in [2.75, 3.05) is 4.90 Å². The van der Waals surface area contributed by atoms with Crippen molar-refractivity contribution in [2.45, 2.75) is 19.3 Å². The van der Waals surface area contributed by atoms with Gasteiger partial charge in [-0.1, -0.05) is 181 Å². The Morgan fingerprint density at radius 1 is 0.342 bits per heavy atom. The number of hydrogen-bond acceptors (Lipinski definition) is 3. The summed E-state index contributed by atoms with van der Waals surface area (Å²) in [5, 5.41) is 7.10. The van der Waals surface area contributed by atoms with Crippen LogP contribution in [0.4, 0.5) is 17.1 Å². The van der Waals surface area contributed by atoms with Gasteiger partial charge in [0.05, 0.1) is 22.1 Å². The summed E-state index contributed by atoms with van der Waals surface area (Å²) in [6.45, 7) is 4.47. The maximum atomic E-state index is 6.52. The number of aromatic nitrogens is 1. The molecule has 4 nitrogen and oxygen atoms in total. The molecule has 0 N–H and O–H groups in total. The van der Waals surface area contributed by atoms with Crippen molar-refractivity contribution in [2.24, 2.45) is 0 Å². The first-order valence-electron chi connectivity index (χ1n) is 27.3. The van der Waals surface area contributed by atoms with E-state index in [-0.39, 0.29) is 0 Å². The summed E-state index contributed by atoms with van der Waals surface area (Å²) < 4.78 is 15.4. The van der Waals surface area contributed by atoms with Gasteiger partial charge >= 0.3 is 0 Å². The Labute approximate surface area is 456 Å². The molecule has 0 fully saturated rings. The Morgan fingerprint density at radius 2 is 0.886 bits per heavy atom. The molecule has 0 amide bonds. The lowest BCUT2D eigenvalue weighted by Gasteiger charge is -2.40. The number of para-hydroxylation sites is 3. The van der Waals surface area contributed by atoms with Gasteiger partial charge in [-0.2, -0.15) is 0 Å². The first kappa shape index (κ1) is 44.0. The van der Waals surface area contributed by atoms with E-state index in [1.165, 1.54) is 77.6 Å². The summed E-state index contributed by atoms with van der Waals surface area (Å²) in [5.74, 6) is 0. The molecule has 12 aromatic carbocycles. The van der Waals surface area contributed by atoms with Crippen molar-refractivity contribution in [3.8, 4) is 50.2 Å². The van der Waals surface area contributed by atoms with Crippen molar-refractivity contribution < 1.29 is 8.83 Å². The van der Waals surface area contributed by atoms with Crippen LogP contribution in [0.15, 0.2) is 264 Å². The van der Waals surface area contributed by atoms with Gasteiger partial charge in [0.25, 0.3) is 0 Å². The van der Waals surface area contributed by atoms with Crippen LogP contribution in [0, 0.1) is 13.8 Å². The van der Waals surface area contributed by atoms with Gasteiger partial charge in [-0.3, -0.25) is 0 Å². The Balaban J connectivity index is 0.818. The second-order valence-electron chi connectivity index (χ2n) is 21.7. The smallest absolute Gasteiger partial charge is 0.143 e. The minimum Gasteiger partial charge on any atom is -0.456 e. The molecule has 1 spiro atoms. The number of rotatable bonds is 6. The first-order chi connectivity index (χ1) is 39.0. The molecule has 0 saturated heterocycles. The van der Waals surface area contributed by atoms with E-state index in [0.717, 1.165) is 88.8 Å². The standard InChI is InChI=1S/C75H48N2O2/c1-45-25-39-67-61(41-45)62-42-46(2)43-66-73(62)77(67)68-40-32-50(44-65(68)75(66)63-20-7-3-13-56(63)57-14-4-8-21-64(57)75)47-26-33-51(34-27-47)76(52-35-28-48(29-36-52)54-17-12-24-71-72(54)60-16-6-10-23-70(60)78-71)53-37-30-49(31-38-53)55-18-11-19-59-58-15-5-9-22-69(58)79-74(55)59/h3-44H,1-2H3. The van der Waals surface area contributed by atoms with Crippen LogP contribution >= 0.6 is 0 Å². The van der Waals surface area contributed by atoms with Crippen LogP contribution in [0.1, 0.15) is 33.4 Å². The molecule has 0 atom stereocenters. The fourth-order valence-corrected chi connectivity index (χ4v) is 13.9. The van der Waals surface area contributed by atoms with Gasteiger partial charge in [0, 0.05) is 54.9 Å². The lowest BCUT2D eigenvalue weighted by molar-refractivity contribution is 0.669. The van der Waals surface area contributed by atoms with Crippen LogP contribution in [0.5, 0.6) is 0 Å². The molecule has 0 radical (unpaired) electrons. The summed E-state index contributed by atoms with van der Waals surface area (Å²) >= 11 is 0. The molecule has 2 aliphatic rings. The van der Waals surface area contributed by atoms with Crippen LogP contribution in [-0.4, -0.2) is 4.57 Å². The van der Waals surface area contributed by atoms with Crippen molar-refractivity contribution in [1.82, 2.24) is 4.57 Å². The lowest BCUT2D eigenvalue weighted by atomic mass is 9.65. The molecule has 370 valence electrons. The predicted octanol–water partition coefficient (Wildman–Crippen LogP) is 20.3. The fraction of sp³-hybridized carbons (Fsp3) is 0.0400. The summed E-state index contributed by atoms with van der Waals surface area (Å²) in [7, 11) is 0. The molecule has 17 rings (SSSR count). The van der Waals surface area contributed by atoms with E-state index in [4.69, 9.17) is 8.83 Å². The van der Waals surface area contributed by atoms with E-state index < -0.39 is 5.41 Å². The van der Waals surface area contributed by atoms with E-state index in [0.29, 0.717) is 0 Å². The van der Waals surface area contributed by atoms with Crippen LogP contribution < -0.4 is 4.90 Å². The highest BCUT2D eigenvalue weighted by molar-refractivity contribution is 6.15. The molecule has 4 heteroatoms. The quantitative estimate of drug-likeness (QED) is 0.166. The second kappa shape index (κ2) is 16.4. The maximum Gasteiger partial charge on any atom is 0.143 e. The fourth-order valence-electron chi connectivity index (χ4n) is 13.9. The molecule has 0 unspecified atom stereocenters. The molecule has 15 aromatic rings. The lowest BCUT2D eigenvalue weighted by Crippen LogP contribution is -2.33. The van der Waals surface area contributed by atoms with E-state index >= 15 is 0 Å². The van der Waals surface area contributed by atoms with Gasteiger partial charge in [-0.05, 0) is 160 Å². The number of aryl methyl sites for hydroxylation is 2. The highest BCUT2D eigenvalue weighted by Crippen LogP contribution is 2.61. The van der Waals surface area contributed by atoms with Crippen molar-refractivity contribution in [3.05, 3.63) is 288 Å². The van der Waals surface area contributed by atoms with Gasteiger partial charge in [0.2, 0.25) is 0 Å². The van der Waals surface area contributed by atoms with E-state index in [2.05, 4.69) is 254 Å². The minimum absolute atomic E-state index is 0.538. The average molecular weight is 1010 g/mol. The Morgan fingerprint density at radius 3 is 1.61 bits per heavy atom. The molecule has 3 aromatic heterocycles. The zero-order chi connectivity index (χ0) is 52.1. The van der Waals surface area contributed by atoms with Gasteiger partial charge < -0.3 is 18.3 Å². The second-order valence-corrected chi connectivity index (χ2v) is 21.7. The molecular formula is C75H48N2O2. The molecular weight excluding hydrogens is 961 g/mol. The third-order valence-corrected chi connectivity index (χ3v) is 17.3. The van der Waals surface area contributed by atoms with Gasteiger partial charge in [-0.25, -0.2) is 0 Å². The highest BCUT2D eigenvalue weighted by atomic mass is 16.3. The Bertz CT molecular complexity index is 4990. The normalized spacial score (nSPS) is 13.0. The molecule has 1 aliphatic heterocycles. The number of fused-ring (bicyclic) bond motifs is 18. The largest absolute Gasteiger partial charge is 0.456 e. The van der Waals surface area contributed by atoms with Crippen LogP contribution in [0.25, 0.3) is 116 Å². The summed E-state index contributed by atoms with van der Waals surface area (Å²) in [6, 6.07) is 93.8. The first-order valence-corrected chi connectivity index (χ1v) is 27.3. The van der Waals surface area contributed by atoms with E-state index in [1.54, 1.807) is 0 Å². The zero-order valence-electron chi connectivity index (χ0n) is 43.5. The summed E-state index contributed by atoms with van der Waals surface area (Å²) in [4.78, 5) is 2.37. The van der Waals surface area contributed by atoms with Crippen molar-refractivity contribution in [1.29, 1.82) is 0 Å². The molecule has 0 bridgehead atoms. The molecule has 4 heterocycles. The van der Waals surface area contributed by atoms with E-state index in [1.807, 2.05) is 24.3 Å². The van der Waals surface area contributed by atoms with Gasteiger partial charge in [0.15, 0.2) is 0 Å². The van der Waals surface area contributed by atoms with Gasteiger partial charge in [0.1, 0.15) is 22.3 Å². The van der Waals surface area contributed by atoms with Crippen molar-refractivity contribution >= 4 is 82.7 Å². The van der Waals surface area contributed by atoms with Crippen LogP contribution in [0.2, 0.25) is 0 Å².